The second kappa shape index (κ2) is 5.25. The van der Waals surface area contributed by atoms with Crippen molar-refractivity contribution in [1.82, 2.24) is 4.98 Å². The lowest BCUT2D eigenvalue weighted by Gasteiger charge is -2.08. The van der Waals surface area contributed by atoms with Crippen LogP contribution < -0.4 is 0 Å². The maximum absolute atomic E-state index is 12.2. The Hall–Kier alpha value is -1.46. The Balaban J connectivity index is 2.91. The summed E-state index contributed by atoms with van der Waals surface area (Å²) in [6.07, 6.45) is -0.487. The molecule has 1 aromatic heterocycles. The van der Waals surface area contributed by atoms with Crippen LogP contribution in [0.25, 0.3) is 0 Å². The first-order valence-corrected chi connectivity index (χ1v) is 5.89. The second-order valence-corrected chi connectivity index (χ2v) is 4.40. The van der Waals surface area contributed by atoms with E-state index in [0.29, 0.717) is 5.56 Å². The molecule has 0 bridgehead atoms. The Morgan fingerprint density at radius 3 is 2.53 bits per heavy atom. The molecule has 1 heterocycles. The van der Waals surface area contributed by atoms with Crippen molar-refractivity contribution in [2.24, 2.45) is 0 Å². The van der Waals surface area contributed by atoms with Crippen LogP contribution in [0.4, 0.5) is 13.2 Å². The zero-order valence-corrected chi connectivity index (χ0v) is 9.55. The van der Waals surface area contributed by atoms with E-state index in [1.165, 1.54) is 12.3 Å². The fourth-order valence-electron chi connectivity index (χ4n) is 1.04. The molecule has 0 aliphatic heterocycles. The molecule has 0 amide bonds. The van der Waals surface area contributed by atoms with Crippen molar-refractivity contribution in [3.8, 4) is 6.19 Å². The molecule has 0 N–H and O–H groups in total. The molecule has 4 nitrogen and oxygen atoms in total. The summed E-state index contributed by atoms with van der Waals surface area (Å²) in [5.74, 6) is 0. The number of halogens is 3. The Morgan fingerprint density at radius 2 is 2.18 bits per heavy atom. The average molecular weight is 263 g/mol. The molecule has 0 fully saturated rings. The summed E-state index contributed by atoms with van der Waals surface area (Å²) in [5.41, 5.74) is -0.614. The van der Waals surface area contributed by atoms with Crippen molar-refractivity contribution in [1.29, 1.82) is 5.26 Å². The van der Waals surface area contributed by atoms with E-state index in [0.717, 1.165) is 16.2 Å². The number of hydrogen-bond acceptors (Lipinski definition) is 3. The van der Waals surface area contributed by atoms with Crippen LogP contribution in [0.5, 0.6) is 0 Å². The van der Waals surface area contributed by atoms with E-state index in [9.17, 15) is 17.7 Å². The highest BCUT2D eigenvalue weighted by molar-refractivity contribution is 7.78. The summed E-state index contributed by atoms with van der Waals surface area (Å²) in [4.78, 5) is 3.24. The van der Waals surface area contributed by atoms with Crippen LogP contribution in [0.1, 0.15) is 11.3 Å². The molecule has 1 rings (SSSR count). The molecule has 92 valence electrons. The number of nitrogens with zero attached hydrogens (tertiary/aromatic N) is 3. The van der Waals surface area contributed by atoms with Gasteiger partial charge in [-0.1, -0.05) is 6.07 Å². The van der Waals surface area contributed by atoms with E-state index in [1.54, 1.807) is 6.19 Å². The predicted molar refractivity (Wildman–Crippen MR) is 52.9 cm³/mol. The van der Waals surface area contributed by atoms with Crippen molar-refractivity contribution in [3.05, 3.63) is 29.6 Å². The molecule has 0 saturated heterocycles. The van der Waals surface area contributed by atoms with Crippen molar-refractivity contribution >= 4 is 11.0 Å². The lowest BCUT2D eigenvalue weighted by atomic mass is 10.2. The Labute approximate surface area is 98.2 Å². The van der Waals surface area contributed by atoms with Gasteiger partial charge in [-0.15, -0.1) is 11.0 Å². The smallest absolute Gasteiger partial charge is 0.464 e. The summed E-state index contributed by atoms with van der Waals surface area (Å²) >= 11 is 0. The summed E-state index contributed by atoms with van der Waals surface area (Å²) in [6.45, 7) is -0.0370. The third kappa shape index (κ3) is 3.80. The summed E-state index contributed by atoms with van der Waals surface area (Å²) in [7, 11) is -1.50. The molecular weight excluding hydrogens is 255 g/mol. The SMILES string of the molecule is CS([O-])=[N+](C#N)Cc1ccc(C(F)(F)F)nc1. The lowest BCUT2D eigenvalue weighted by molar-refractivity contribution is -0.433. The normalized spacial score (nSPS) is 14.0. The number of nitriles is 1. The van der Waals surface area contributed by atoms with Crippen molar-refractivity contribution < 1.29 is 21.7 Å². The zero-order chi connectivity index (χ0) is 13.1. The van der Waals surface area contributed by atoms with Gasteiger partial charge < -0.3 is 4.55 Å². The first kappa shape index (κ1) is 13.6. The maximum Gasteiger partial charge on any atom is 0.464 e. The van der Waals surface area contributed by atoms with Crippen molar-refractivity contribution in [2.45, 2.75) is 12.7 Å². The topological polar surface area (TPSA) is 62.8 Å². The van der Waals surface area contributed by atoms with Gasteiger partial charge in [0.05, 0.1) is 0 Å². The van der Waals surface area contributed by atoms with Crippen LogP contribution >= 0.6 is 0 Å². The molecule has 0 spiro atoms. The minimum Gasteiger partial charge on any atom is -0.772 e. The van der Waals surface area contributed by atoms with E-state index in [2.05, 4.69) is 4.98 Å². The average Bonchev–Trinajstić information content (AvgIpc) is 2.25. The highest BCUT2D eigenvalue weighted by atomic mass is 32.2. The molecule has 0 radical (unpaired) electrons. The van der Waals surface area contributed by atoms with Crippen molar-refractivity contribution in [2.75, 3.05) is 6.26 Å². The van der Waals surface area contributed by atoms with Crippen LogP contribution in [0.2, 0.25) is 0 Å². The Bertz CT molecular complexity index is 472. The van der Waals surface area contributed by atoms with Crippen LogP contribution in [0.3, 0.4) is 0 Å². The molecule has 1 aromatic rings. The van der Waals surface area contributed by atoms with Crippen LogP contribution in [0, 0.1) is 11.5 Å². The van der Waals surface area contributed by atoms with Gasteiger partial charge in [-0.2, -0.15) is 17.1 Å². The van der Waals surface area contributed by atoms with Crippen LogP contribution in [-0.2, 0) is 23.7 Å². The van der Waals surface area contributed by atoms with Crippen LogP contribution in [-0.4, -0.2) is 19.7 Å². The minimum absolute atomic E-state index is 0.0370. The molecule has 0 aromatic carbocycles. The fourth-order valence-corrected chi connectivity index (χ4v) is 1.48. The molecule has 0 aliphatic rings. The van der Waals surface area contributed by atoms with Gasteiger partial charge in [0.2, 0.25) is 0 Å². The second-order valence-electron chi connectivity index (χ2n) is 3.11. The molecule has 0 aliphatic carbocycles. The maximum atomic E-state index is 12.2. The van der Waals surface area contributed by atoms with Gasteiger partial charge >= 0.3 is 12.4 Å². The number of hydrogen-bond donors (Lipinski definition) is 0. The van der Waals surface area contributed by atoms with Gasteiger partial charge in [0.15, 0.2) is 5.26 Å². The summed E-state index contributed by atoms with van der Waals surface area (Å²) in [6, 6.07) is 2.02. The van der Waals surface area contributed by atoms with Crippen molar-refractivity contribution in [3.63, 3.8) is 0 Å². The highest BCUT2D eigenvalue weighted by Crippen LogP contribution is 2.27. The fraction of sp³-hybridized carbons (Fsp3) is 0.333. The van der Waals surface area contributed by atoms with E-state index in [-0.39, 0.29) is 6.54 Å². The summed E-state index contributed by atoms with van der Waals surface area (Å²) < 4.78 is 48.6. The largest absolute Gasteiger partial charge is 0.772 e. The Kier molecular flexibility index (Phi) is 4.20. The molecule has 1 unspecified atom stereocenters. The summed E-state index contributed by atoms with van der Waals surface area (Å²) in [5, 5.41) is 8.62. The van der Waals surface area contributed by atoms with Crippen LogP contribution in [0.15, 0.2) is 18.3 Å². The Morgan fingerprint density at radius 1 is 1.53 bits per heavy atom. The highest BCUT2D eigenvalue weighted by Gasteiger charge is 2.32. The van der Waals surface area contributed by atoms with Gasteiger partial charge in [-0.05, 0) is 12.3 Å². The number of rotatable bonds is 2. The number of aromatic nitrogens is 1. The van der Waals surface area contributed by atoms with E-state index in [4.69, 9.17) is 5.26 Å². The van der Waals surface area contributed by atoms with E-state index in [1.807, 2.05) is 0 Å². The third-order valence-electron chi connectivity index (χ3n) is 1.86. The van der Waals surface area contributed by atoms with Gasteiger partial charge in [-0.25, -0.2) is 0 Å². The molecule has 17 heavy (non-hydrogen) atoms. The minimum atomic E-state index is -4.49. The zero-order valence-electron chi connectivity index (χ0n) is 8.73. The predicted octanol–water partition coefficient (Wildman–Crippen LogP) is 1.66. The standard InChI is InChI=1S/C9H8F3N3OS/c1-17(16)15(6-13)5-7-2-3-8(14-4-7)9(10,11)12/h2-4H,5H2,1H3. The molecule has 1 atom stereocenters. The first-order valence-electron chi connectivity index (χ1n) is 4.37. The van der Waals surface area contributed by atoms with E-state index < -0.39 is 22.8 Å². The van der Waals surface area contributed by atoms with Gasteiger partial charge in [-0.3, -0.25) is 4.98 Å². The third-order valence-corrected chi connectivity index (χ3v) is 2.69. The number of alkyl halides is 3. The number of pyridine rings is 1. The van der Waals surface area contributed by atoms with E-state index >= 15 is 0 Å². The monoisotopic (exact) mass is 263 g/mol. The van der Waals surface area contributed by atoms with Gasteiger partial charge in [0, 0.05) is 11.8 Å². The quantitative estimate of drug-likeness (QED) is 0.463. The molecule has 8 heteroatoms. The lowest BCUT2D eigenvalue weighted by Crippen LogP contribution is -2.11. The molecular formula is C9H8F3N3OS. The van der Waals surface area contributed by atoms with Gasteiger partial charge in [0.1, 0.15) is 12.2 Å². The van der Waals surface area contributed by atoms with Gasteiger partial charge in [0.25, 0.3) is 0 Å². The molecule has 0 saturated carbocycles. The first-order chi connectivity index (χ1) is 7.84.